The molecule has 2 aromatic carbocycles. The monoisotopic (exact) mass is 342 g/mol. The molecular formula is C15H13BrClFO. The fraction of sp³-hybridized carbons (Fsp3) is 0.200. The van der Waals surface area contributed by atoms with Gasteiger partial charge in [0.2, 0.25) is 0 Å². The number of halogens is 3. The first-order chi connectivity index (χ1) is 8.99. The molecule has 1 nitrogen and oxygen atoms in total. The van der Waals surface area contributed by atoms with Gasteiger partial charge < -0.3 is 5.11 Å². The number of benzene rings is 2. The van der Waals surface area contributed by atoms with Crippen LogP contribution >= 0.6 is 27.5 Å². The number of hydrogen-bond donors (Lipinski definition) is 1. The van der Waals surface area contributed by atoms with E-state index in [9.17, 15) is 9.50 Å². The van der Waals surface area contributed by atoms with E-state index >= 15 is 0 Å². The minimum absolute atomic E-state index is 0.146. The van der Waals surface area contributed by atoms with Gasteiger partial charge in [0.1, 0.15) is 5.82 Å². The maximum atomic E-state index is 13.7. The first kappa shape index (κ1) is 14.5. The summed E-state index contributed by atoms with van der Waals surface area (Å²) in [5, 5.41) is 10.6. The lowest BCUT2D eigenvalue weighted by Crippen LogP contribution is -2.05. The van der Waals surface area contributed by atoms with Crippen molar-refractivity contribution >= 4 is 27.5 Å². The molecular weight excluding hydrogens is 331 g/mol. The van der Waals surface area contributed by atoms with Crippen molar-refractivity contribution in [2.24, 2.45) is 0 Å². The normalized spacial score (nSPS) is 12.5. The molecule has 19 heavy (non-hydrogen) atoms. The molecule has 2 aromatic rings. The minimum atomic E-state index is -0.802. The molecule has 0 bridgehead atoms. The summed E-state index contributed by atoms with van der Waals surface area (Å²) in [6, 6.07) is 10.2. The van der Waals surface area contributed by atoms with Crippen molar-refractivity contribution in [3.8, 4) is 0 Å². The lowest BCUT2D eigenvalue weighted by molar-refractivity contribution is 0.176. The molecule has 0 aliphatic carbocycles. The first-order valence-corrected chi connectivity index (χ1v) is 7.03. The van der Waals surface area contributed by atoms with Gasteiger partial charge in [-0.2, -0.15) is 0 Å². The van der Waals surface area contributed by atoms with E-state index in [1.54, 1.807) is 12.1 Å². The average Bonchev–Trinajstić information content (AvgIpc) is 2.37. The highest BCUT2D eigenvalue weighted by Crippen LogP contribution is 2.30. The van der Waals surface area contributed by atoms with Crippen molar-refractivity contribution in [3.63, 3.8) is 0 Å². The van der Waals surface area contributed by atoms with Gasteiger partial charge in [-0.15, -0.1) is 0 Å². The molecule has 2 rings (SSSR count). The van der Waals surface area contributed by atoms with E-state index in [2.05, 4.69) is 15.9 Å². The highest BCUT2D eigenvalue weighted by atomic mass is 79.9. The van der Waals surface area contributed by atoms with Crippen LogP contribution in [0.1, 0.15) is 22.8 Å². The summed E-state index contributed by atoms with van der Waals surface area (Å²) in [4.78, 5) is 0. The Morgan fingerprint density at radius 1 is 1.32 bits per heavy atom. The fourth-order valence-corrected chi connectivity index (χ4v) is 2.70. The molecule has 1 unspecified atom stereocenters. The molecule has 1 atom stereocenters. The standard InChI is InChI=1S/C15H13BrClFO/c1-9-5-6-12(16)10(7-9)15(19)8-11-13(17)3-2-4-14(11)18/h2-7,15,19H,8H2,1H3. The Morgan fingerprint density at radius 3 is 2.74 bits per heavy atom. The van der Waals surface area contributed by atoms with Gasteiger partial charge in [0, 0.05) is 21.5 Å². The molecule has 1 N–H and O–H groups in total. The van der Waals surface area contributed by atoms with E-state index in [0.29, 0.717) is 10.6 Å². The van der Waals surface area contributed by atoms with E-state index in [1.807, 2.05) is 25.1 Å². The Morgan fingerprint density at radius 2 is 2.05 bits per heavy atom. The van der Waals surface area contributed by atoms with Crippen LogP contribution in [-0.4, -0.2) is 5.11 Å². The number of aryl methyl sites for hydroxylation is 1. The summed E-state index contributed by atoms with van der Waals surface area (Å²) in [7, 11) is 0. The third-order valence-electron chi connectivity index (χ3n) is 2.97. The molecule has 0 spiro atoms. The van der Waals surface area contributed by atoms with E-state index in [-0.39, 0.29) is 6.42 Å². The van der Waals surface area contributed by atoms with Crippen LogP contribution in [0.25, 0.3) is 0 Å². The third kappa shape index (κ3) is 3.35. The van der Waals surface area contributed by atoms with E-state index in [0.717, 1.165) is 15.6 Å². The van der Waals surface area contributed by atoms with Gasteiger partial charge in [-0.25, -0.2) is 4.39 Å². The third-order valence-corrected chi connectivity index (χ3v) is 4.05. The molecule has 100 valence electrons. The van der Waals surface area contributed by atoms with Crippen molar-refractivity contribution in [2.45, 2.75) is 19.4 Å². The van der Waals surface area contributed by atoms with Gasteiger partial charge in [-0.1, -0.05) is 51.3 Å². The molecule has 0 radical (unpaired) electrons. The van der Waals surface area contributed by atoms with Gasteiger partial charge in [0.05, 0.1) is 6.10 Å². The van der Waals surface area contributed by atoms with Crippen LogP contribution in [0.3, 0.4) is 0 Å². The van der Waals surface area contributed by atoms with Crippen molar-refractivity contribution < 1.29 is 9.50 Å². The molecule has 0 fully saturated rings. The lowest BCUT2D eigenvalue weighted by Gasteiger charge is -2.15. The highest BCUT2D eigenvalue weighted by molar-refractivity contribution is 9.10. The summed E-state index contributed by atoms with van der Waals surface area (Å²) in [6.45, 7) is 1.94. The topological polar surface area (TPSA) is 20.2 Å². The number of hydrogen-bond acceptors (Lipinski definition) is 1. The molecule has 0 saturated heterocycles. The molecule has 0 heterocycles. The lowest BCUT2D eigenvalue weighted by atomic mass is 9.99. The van der Waals surface area contributed by atoms with Crippen molar-refractivity contribution in [2.75, 3.05) is 0 Å². The quantitative estimate of drug-likeness (QED) is 0.846. The summed E-state index contributed by atoms with van der Waals surface area (Å²) in [5.74, 6) is -0.393. The van der Waals surface area contributed by atoms with Crippen LogP contribution in [0.2, 0.25) is 5.02 Å². The molecule has 0 aromatic heterocycles. The summed E-state index contributed by atoms with van der Waals surface area (Å²) in [6.07, 6.45) is -0.656. The van der Waals surface area contributed by atoms with Gasteiger partial charge in [0.25, 0.3) is 0 Å². The maximum Gasteiger partial charge on any atom is 0.127 e. The number of aliphatic hydroxyl groups excluding tert-OH is 1. The molecule has 4 heteroatoms. The maximum absolute atomic E-state index is 13.7. The van der Waals surface area contributed by atoms with Gasteiger partial charge in [0.15, 0.2) is 0 Å². The predicted octanol–water partition coefficient (Wildman–Crippen LogP) is 4.83. The molecule has 0 aliphatic rings. The Kier molecular flexibility index (Phi) is 4.61. The van der Waals surface area contributed by atoms with Crippen molar-refractivity contribution in [1.82, 2.24) is 0 Å². The summed E-state index contributed by atoms with van der Waals surface area (Å²) < 4.78 is 14.5. The Labute approximate surface area is 125 Å². The predicted molar refractivity (Wildman–Crippen MR) is 79.0 cm³/mol. The summed E-state index contributed by atoms with van der Waals surface area (Å²) >= 11 is 9.36. The summed E-state index contributed by atoms with van der Waals surface area (Å²) in [5.41, 5.74) is 2.11. The highest BCUT2D eigenvalue weighted by Gasteiger charge is 2.16. The van der Waals surface area contributed by atoms with Crippen LogP contribution in [0.15, 0.2) is 40.9 Å². The van der Waals surface area contributed by atoms with Crippen LogP contribution in [-0.2, 0) is 6.42 Å². The van der Waals surface area contributed by atoms with Crippen LogP contribution in [0, 0.1) is 12.7 Å². The number of rotatable bonds is 3. The first-order valence-electron chi connectivity index (χ1n) is 5.86. The van der Waals surface area contributed by atoms with E-state index < -0.39 is 11.9 Å². The van der Waals surface area contributed by atoms with E-state index in [1.165, 1.54) is 6.07 Å². The van der Waals surface area contributed by atoms with Crippen LogP contribution < -0.4 is 0 Å². The van der Waals surface area contributed by atoms with E-state index in [4.69, 9.17) is 11.6 Å². The zero-order valence-electron chi connectivity index (χ0n) is 10.3. The van der Waals surface area contributed by atoms with Crippen molar-refractivity contribution in [3.05, 3.63) is 68.4 Å². The van der Waals surface area contributed by atoms with Gasteiger partial charge >= 0.3 is 0 Å². The SMILES string of the molecule is Cc1ccc(Br)c(C(O)Cc2c(F)cccc2Cl)c1. The second-order valence-corrected chi connectivity index (χ2v) is 5.71. The minimum Gasteiger partial charge on any atom is -0.388 e. The van der Waals surface area contributed by atoms with Gasteiger partial charge in [-0.05, 0) is 30.7 Å². The van der Waals surface area contributed by atoms with Crippen LogP contribution in [0.5, 0.6) is 0 Å². The zero-order valence-corrected chi connectivity index (χ0v) is 12.7. The Bertz CT molecular complexity index is 580. The smallest absolute Gasteiger partial charge is 0.127 e. The second-order valence-electron chi connectivity index (χ2n) is 4.45. The van der Waals surface area contributed by atoms with Crippen LogP contribution in [0.4, 0.5) is 4.39 Å². The average molecular weight is 344 g/mol. The fourth-order valence-electron chi connectivity index (χ4n) is 1.95. The molecule has 0 saturated carbocycles. The Balaban J connectivity index is 2.31. The number of aliphatic hydroxyl groups is 1. The largest absolute Gasteiger partial charge is 0.388 e. The Hall–Kier alpha value is -0.900. The second kappa shape index (κ2) is 6.04. The molecule has 0 amide bonds. The van der Waals surface area contributed by atoms with Gasteiger partial charge in [-0.3, -0.25) is 0 Å². The van der Waals surface area contributed by atoms with Crippen molar-refractivity contribution in [1.29, 1.82) is 0 Å². The zero-order chi connectivity index (χ0) is 14.0. The molecule has 0 aliphatic heterocycles.